The third-order valence-corrected chi connectivity index (χ3v) is 27.5. The van der Waals surface area contributed by atoms with Gasteiger partial charge in [-0.15, -0.1) is 0 Å². The number of ether oxygens (including phenoxy) is 1. The summed E-state index contributed by atoms with van der Waals surface area (Å²) in [4.78, 5) is 13.6. The second-order valence-corrected chi connectivity index (χ2v) is 28.4. The minimum atomic E-state index is -0.0118. The molecule has 0 aliphatic rings. The van der Waals surface area contributed by atoms with E-state index in [-0.39, 0.29) is 20.3 Å². The number of nitrogens with zero attached hydrogens (tertiary/aromatic N) is 2. The van der Waals surface area contributed by atoms with Crippen LogP contribution in [0.4, 0.5) is 0 Å². The second kappa shape index (κ2) is 7.30. The van der Waals surface area contributed by atoms with Crippen LogP contribution in [0.25, 0.3) is 333 Å². The molecule has 0 saturated heterocycles. The summed E-state index contributed by atoms with van der Waals surface area (Å²) in [5.74, 6) is 0. The van der Waals surface area contributed by atoms with Crippen LogP contribution in [0.2, 0.25) is 0 Å². The Hall–Kier alpha value is -8.83. The molecule has 0 saturated carbocycles. The summed E-state index contributed by atoms with van der Waals surface area (Å²) in [6, 6.07) is 8.20. The van der Waals surface area contributed by atoms with Gasteiger partial charge in [-0.1, -0.05) is 0 Å². The van der Waals surface area contributed by atoms with Gasteiger partial charge in [-0.2, -0.15) is 0 Å². The number of benzene rings is 20. The Balaban J connectivity index is 0.970. The predicted octanol–water partition coefficient (Wildman–Crippen LogP) is 18.2. The third kappa shape index (κ3) is 1.80. The maximum atomic E-state index is 13.6. The van der Waals surface area contributed by atoms with E-state index in [1.54, 1.807) is 312 Å². The van der Waals surface area contributed by atoms with Gasteiger partial charge in [0.25, 0.3) is 0 Å². The molecule has 0 spiro atoms. The fourth-order valence-corrected chi connectivity index (χ4v) is 26.4. The minimum absolute atomic E-state index is 0.0118. The molecule has 0 N–H and O–H groups in total. The monoisotopic (exact) mass is 1000 g/mol. The number of hydrogen-bond acceptors (Lipinski definition) is 2. The summed E-state index contributed by atoms with van der Waals surface area (Å²) in [6.45, 7) is 2.53. The van der Waals surface area contributed by atoms with Gasteiger partial charge >= 0.3 is 271 Å². The number of fused-ring (bicyclic) bond motifs is 6. The van der Waals surface area contributed by atoms with E-state index in [0.717, 1.165) is 11.9 Å². The Labute approximate surface area is 419 Å². The van der Waals surface area contributed by atoms with Crippen LogP contribution < -0.4 is 5.56 Å². The molecule has 0 fully saturated rings. The van der Waals surface area contributed by atoms with Crippen LogP contribution in [0.5, 0.6) is 0 Å². The molecule has 2 heterocycles. The van der Waals surface area contributed by atoms with Crippen LogP contribution in [0.1, 0.15) is 0 Å². The second-order valence-electron chi connectivity index (χ2n) is 26.2. The van der Waals surface area contributed by atoms with Crippen molar-refractivity contribution < 1.29 is 4.74 Å². The van der Waals surface area contributed by atoms with Crippen LogP contribution in [0, 0.1) is 0 Å². The quantitative estimate of drug-likeness (QED) is 0.0720. The number of rotatable bonds is 6. The van der Waals surface area contributed by atoms with Gasteiger partial charge in [0.05, 0.1) is 0 Å². The fraction of sp³-hybridized carbons (Fsp3) is 0.0563. The Bertz CT molecular complexity index is 7670. The van der Waals surface area contributed by atoms with Gasteiger partial charge in [-0.3, -0.25) is 0 Å². The van der Waals surface area contributed by atoms with Crippen LogP contribution in [0.15, 0.2) is 29.1 Å². The van der Waals surface area contributed by atoms with E-state index < -0.39 is 0 Å². The molecule has 0 unspecified atom stereocenters. The summed E-state index contributed by atoms with van der Waals surface area (Å²) in [7, 11) is 0. The van der Waals surface area contributed by atoms with Gasteiger partial charge < -0.3 is 0 Å². The molecule has 31 aromatic carbocycles. The average Bonchev–Trinajstić information content (AvgIpc) is 1.69. The zero-order chi connectivity index (χ0) is 45.6. The Kier molecular flexibility index (Phi) is 2.87. The molecule has 33 rings (SSSR count). The molecule has 2 aromatic heterocycles. The predicted molar refractivity (Wildman–Crippen MR) is 324 cm³/mol. The zero-order valence-corrected chi connectivity index (χ0v) is 40.5. The van der Waals surface area contributed by atoms with Crippen molar-refractivity contribution in [2.24, 2.45) is 0 Å². The first-order chi connectivity index (χ1) is 37.9. The molecular formula is C71H12N2O2Se. The van der Waals surface area contributed by atoms with E-state index in [2.05, 4.69) is 20.3 Å². The fourth-order valence-electron chi connectivity index (χ4n) is 24.4. The van der Waals surface area contributed by atoms with Gasteiger partial charge in [0.2, 0.25) is 0 Å². The van der Waals surface area contributed by atoms with Gasteiger partial charge in [0.15, 0.2) is 0 Å². The molecule has 4 nitrogen and oxygen atoms in total. The van der Waals surface area contributed by atoms with Crippen LogP contribution in [-0.4, -0.2) is 36.1 Å². The van der Waals surface area contributed by atoms with Gasteiger partial charge in [0, 0.05) is 151 Å². The van der Waals surface area contributed by atoms with Gasteiger partial charge in [0.1, 0.15) is 0 Å². The van der Waals surface area contributed by atoms with Crippen molar-refractivity contribution in [2.45, 2.75) is 13.1 Å². The summed E-state index contributed by atoms with van der Waals surface area (Å²) < 4.78 is 13.1. The zero-order valence-electron chi connectivity index (χ0n) is 38.8. The first-order valence-corrected chi connectivity index (χ1v) is 29.4. The van der Waals surface area contributed by atoms with Crippen molar-refractivity contribution in [2.75, 3.05) is 13.2 Å². The summed E-state index contributed by atoms with van der Waals surface area (Å²) in [5.41, 5.74) is 3.13. The Morgan fingerprint density at radius 1 is 0.276 bits per heavy atom. The van der Waals surface area contributed by atoms with Crippen molar-refractivity contribution in [3.05, 3.63) is 34.6 Å². The first-order valence-electron chi connectivity index (χ1n) is 27.8. The summed E-state index contributed by atoms with van der Waals surface area (Å²) in [5, 5.41) is 94.2. The number of pyridine rings is 1. The van der Waals surface area contributed by atoms with Gasteiger partial charge in [-0.05, 0) is 0 Å². The van der Waals surface area contributed by atoms with E-state index in [4.69, 9.17) is 4.74 Å². The number of hydrogen-bond donors (Lipinski definition) is 0. The summed E-state index contributed by atoms with van der Waals surface area (Å²) in [6.07, 6.45) is 0. The Morgan fingerprint density at radius 3 is 0.737 bits per heavy atom. The normalized spacial score (nSPS) is 16.7. The van der Waals surface area contributed by atoms with Crippen LogP contribution in [0.3, 0.4) is 0 Å². The van der Waals surface area contributed by atoms with Crippen molar-refractivity contribution in [1.82, 2.24) is 8.13 Å². The standard InChI is InChI=1S/C71H12N2O2Se/c74-71-9-3-1-2-4-10(9)76-73(71)6-8-75-7-5-72-69-65-58-51-39-31-22-13-11-12-14-17(13)26-33(31)41-42-34(26)32-23(14)25-21-16(12)19-18-15(11)20-24(22)37(39)45-43-29(20)27(18)35-36-28(19)30(21)44-46-38(25)40(32)52-54(42)63(62(65)53(41)51)66-59(52)57(46)61-50(44)48(36)55-47(35)49(43)60(56(45)58)67(69)64(55)68(61)70(66)72/h1-4H,5-8H2. The SMILES string of the molecule is O=c1c2ccccc2[se]n1CCOCCn1c2c3c4c5c6c7c8c9c%10c%11c%12c9c9c7c7c%13c9c9c%12c%12c%14c%11c%11c%15c%10c%10c8c6c6c8c%10c%15c%10c%15c%11c%14c%11c%14c%12c9c9c%13c(c3c75)c3c9c%14c5c%11c%15c7c%10c8c(c64)c2c7c5c31. The molecule has 0 aliphatic carbocycles. The van der Waals surface area contributed by atoms with Crippen molar-refractivity contribution in [1.29, 1.82) is 0 Å². The van der Waals surface area contributed by atoms with E-state index in [9.17, 15) is 4.79 Å². The first kappa shape index (κ1) is 29.9. The van der Waals surface area contributed by atoms with E-state index in [0.29, 0.717) is 19.8 Å². The summed E-state index contributed by atoms with van der Waals surface area (Å²) >= 11 is -0.0118. The van der Waals surface area contributed by atoms with Crippen molar-refractivity contribution >= 4 is 348 Å². The topological polar surface area (TPSA) is 36.2 Å². The molecule has 5 heteroatoms. The molecule has 0 radical (unpaired) electrons. The molecule has 0 aliphatic heterocycles. The average molecular weight is 1000 g/mol. The third-order valence-electron chi connectivity index (χ3n) is 25.2. The molecule has 0 atom stereocenters. The molecule has 76 heavy (non-hydrogen) atoms. The van der Waals surface area contributed by atoms with E-state index >= 15 is 0 Å². The van der Waals surface area contributed by atoms with Crippen molar-refractivity contribution in [3.63, 3.8) is 0 Å². The van der Waals surface area contributed by atoms with Crippen LogP contribution >= 0.6 is 0 Å². The number of aromatic nitrogens is 2. The van der Waals surface area contributed by atoms with E-state index in [1.807, 2.05) is 12.1 Å². The molecule has 0 amide bonds. The Morgan fingerprint density at radius 2 is 0.487 bits per heavy atom. The molecular weight excluding hydrogens is 992 g/mol. The molecule has 324 valence electrons. The van der Waals surface area contributed by atoms with Crippen LogP contribution in [-0.2, 0) is 17.8 Å². The van der Waals surface area contributed by atoms with E-state index in [1.165, 1.54) is 15.3 Å². The van der Waals surface area contributed by atoms with Crippen molar-refractivity contribution in [3.8, 4) is 0 Å². The maximum absolute atomic E-state index is 13.6. The molecule has 0 bridgehead atoms. The molecule has 33 aromatic rings. The van der Waals surface area contributed by atoms with Gasteiger partial charge in [-0.25, -0.2) is 0 Å².